The van der Waals surface area contributed by atoms with E-state index in [2.05, 4.69) is 26.0 Å². The van der Waals surface area contributed by atoms with Crippen molar-refractivity contribution in [1.82, 2.24) is 0 Å². The molecule has 0 radical (unpaired) electrons. The second-order valence-corrected chi connectivity index (χ2v) is 7.62. The van der Waals surface area contributed by atoms with Crippen molar-refractivity contribution in [3.8, 4) is 0 Å². The van der Waals surface area contributed by atoms with Crippen LogP contribution in [0.15, 0.2) is 60.7 Å². The molecule has 2 atom stereocenters. The minimum Gasteiger partial charge on any atom is -0.390 e. The quantitative estimate of drug-likeness (QED) is 0.745. The highest BCUT2D eigenvalue weighted by Crippen LogP contribution is 2.30. The third kappa shape index (κ3) is 7.85. The van der Waals surface area contributed by atoms with Crippen LogP contribution in [-0.4, -0.2) is 15.8 Å². The summed E-state index contributed by atoms with van der Waals surface area (Å²) in [6.07, 6.45) is 2.75. The first-order valence-corrected chi connectivity index (χ1v) is 9.21. The fourth-order valence-corrected chi connectivity index (χ4v) is 2.55. The summed E-state index contributed by atoms with van der Waals surface area (Å²) in [4.78, 5) is 0. The molecule has 0 aliphatic carbocycles. The van der Waals surface area contributed by atoms with Crippen molar-refractivity contribution in [2.24, 2.45) is 5.92 Å². The summed E-state index contributed by atoms with van der Waals surface area (Å²) in [5.74, 6) is 0.287. The summed E-state index contributed by atoms with van der Waals surface area (Å²) < 4.78 is 0. The number of hydrogen-bond donors (Lipinski definition) is 2. The Morgan fingerprint density at radius 2 is 1.32 bits per heavy atom. The molecule has 0 saturated heterocycles. The average Bonchev–Trinajstić information content (AvgIpc) is 2.61. The third-order valence-electron chi connectivity index (χ3n) is 4.80. The lowest BCUT2D eigenvalue weighted by atomic mass is 9.83. The molecule has 0 aliphatic rings. The number of aliphatic hydroxyl groups is 2. The van der Waals surface area contributed by atoms with Gasteiger partial charge in [0, 0.05) is 0 Å². The number of benzene rings is 2. The first-order valence-electron chi connectivity index (χ1n) is 9.21. The normalized spacial score (nSPS) is 14.8. The summed E-state index contributed by atoms with van der Waals surface area (Å²) >= 11 is 0. The van der Waals surface area contributed by atoms with E-state index in [-0.39, 0.29) is 5.92 Å². The summed E-state index contributed by atoms with van der Waals surface area (Å²) in [6, 6.07) is 20.1. The molecule has 2 unspecified atom stereocenters. The molecule has 0 saturated carbocycles. The Balaban J connectivity index is 0.000000251. The number of rotatable bonds is 6. The number of hydrogen-bond acceptors (Lipinski definition) is 2. The van der Waals surface area contributed by atoms with E-state index >= 15 is 0 Å². The van der Waals surface area contributed by atoms with Gasteiger partial charge in [0.25, 0.3) is 0 Å². The van der Waals surface area contributed by atoms with E-state index in [1.54, 1.807) is 0 Å². The van der Waals surface area contributed by atoms with Crippen molar-refractivity contribution in [3.63, 3.8) is 0 Å². The molecular weight excluding hydrogens is 308 g/mol. The van der Waals surface area contributed by atoms with Gasteiger partial charge in [0.1, 0.15) is 0 Å². The Morgan fingerprint density at radius 3 is 1.76 bits per heavy atom. The Kier molecular flexibility index (Phi) is 8.34. The van der Waals surface area contributed by atoms with Crippen LogP contribution in [0.25, 0.3) is 0 Å². The molecule has 2 aromatic carbocycles. The zero-order valence-corrected chi connectivity index (χ0v) is 16.4. The maximum Gasteiger partial charge on any atom is 0.0893 e. The van der Waals surface area contributed by atoms with Gasteiger partial charge in [0.2, 0.25) is 0 Å². The lowest BCUT2D eigenvalue weighted by molar-refractivity contribution is 0.0000188. The van der Waals surface area contributed by atoms with Crippen molar-refractivity contribution < 1.29 is 10.2 Å². The lowest BCUT2D eigenvalue weighted by Crippen LogP contribution is -2.29. The molecule has 0 fully saturated rings. The Morgan fingerprint density at radius 1 is 0.840 bits per heavy atom. The molecule has 0 heterocycles. The van der Waals surface area contributed by atoms with Crippen LogP contribution in [0.4, 0.5) is 0 Å². The monoisotopic (exact) mass is 342 g/mol. The van der Waals surface area contributed by atoms with Crippen LogP contribution in [0.2, 0.25) is 0 Å². The minimum atomic E-state index is -0.698. The predicted molar refractivity (Wildman–Crippen MR) is 107 cm³/mol. The summed E-state index contributed by atoms with van der Waals surface area (Å²) in [5, 5.41) is 19.7. The standard InChI is InChI=1S/C12H18O.C11H16O/c1-4-10(2)12(3,13)11-8-6-5-7-9-11;1-11(2,12)9-8-10-6-4-3-5-7-10/h5-10,13H,4H2,1-3H3;3-7,12H,8-9H2,1-2H3. The first-order chi connectivity index (χ1) is 11.7. The second-order valence-electron chi connectivity index (χ2n) is 7.62. The Labute approximate surface area is 153 Å². The molecule has 2 N–H and O–H groups in total. The number of aryl methyl sites for hydroxylation is 1. The largest absolute Gasteiger partial charge is 0.390 e. The molecule has 2 heteroatoms. The molecule has 0 aliphatic heterocycles. The molecule has 138 valence electrons. The third-order valence-corrected chi connectivity index (χ3v) is 4.80. The van der Waals surface area contributed by atoms with Gasteiger partial charge in [0.15, 0.2) is 0 Å². The fraction of sp³-hybridized carbons (Fsp3) is 0.478. The first kappa shape index (κ1) is 21.4. The van der Waals surface area contributed by atoms with Gasteiger partial charge in [-0.3, -0.25) is 0 Å². The predicted octanol–water partition coefficient (Wildman–Crippen LogP) is 5.33. The zero-order chi connectivity index (χ0) is 18.9. The highest BCUT2D eigenvalue weighted by molar-refractivity contribution is 5.22. The van der Waals surface area contributed by atoms with Crippen LogP contribution in [0, 0.1) is 5.92 Å². The van der Waals surface area contributed by atoms with Gasteiger partial charge in [-0.2, -0.15) is 0 Å². The van der Waals surface area contributed by atoms with Gasteiger partial charge in [-0.15, -0.1) is 0 Å². The second kappa shape index (κ2) is 9.74. The average molecular weight is 343 g/mol. The van der Waals surface area contributed by atoms with E-state index in [9.17, 15) is 10.2 Å². The highest BCUT2D eigenvalue weighted by Gasteiger charge is 2.28. The summed E-state index contributed by atoms with van der Waals surface area (Å²) in [6.45, 7) is 9.75. The van der Waals surface area contributed by atoms with E-state index in [0.29, 0.717) is 0 Å². The van der Waals surface area contributed by atoms with Crippen LogP contribution in [0.1, 0.15) is 58.6 Å². The molecule has 2 nitrogen and oxygen atoms in total. The molecule has 2 rings (SSSR count). The minimum absolute atomic E-state index is 0.287. The van der Waals surface area contributed by atoms with E-state index in [0.717, 1.165) is 24.8 Å². The van der Waals surface area contributed by atoms with E-state index in [1.807, 2.05) is 69.3 Å². The maximum absolute atomic E-state index is 10.3. The Bertz CT molecular complexity index is 582. The van der Waals surface area contributed by atoms with Crippen molar-refractivity contribution in [1.29, 1.82) is 0 Å². The van der Waals surface area contributed by atoms with Gasteiger partial charge in [-0.25, -0.2) is 0 Å². The van der Waals surface area contributed by atoms with E-state index < -0.39 is 11.2 Å². The van der Waals surface area contributed by atoms with Crippen molar-refractivity contribution in [2.45, 2.75) is 65.1 Å². The molecule has 25 heavy (non-hydrogen) atoms. The van der Waals surface area contributed by atoms with Gasteiger partial charge < -0.3 is 10.2 Å². The van der Waals surface area contributed by atoms with Crippen LogP contribution >= 0.6 is 0 Å². The molecule has 0 bridgehead atoms. The fourth-order valence-electron chi connectivity index (χ4n) is 2.55. The van der Waals surface area contributed by atoms with E-state index in [1.165, 1.54) is 5.56 Å². The van der Waals surface area contributed by atoms with Crippen LogP contribution in [0.3, 0.4) is 0 Å². The molecular formula is C23H34O2. The smallest absolute Gasteiger partial charge is 0.0893 e. The van der Waals surface area contributed by atoms with Gasteiger partial charge in [0.05, 0.1) is 11.2 Å². The topological polar surface area (TPSA) is 40.5 Å². The van der Waals surface area contributed by atoms with Gasteiger partial charge in [-0.1, -0.05) is 80.9 Å². The zero-order valence-electron chi connectivity index (χ0n) is 16.4. The van der Waals surface area contributed by atoms with Crippen molar-refractivity contribution in [3.05, 3.63) is 71.8 Å². The molecule has 0 aromatic heterocycles. The Hall–Kier alpha value is -1.64. The van der Waals surface area contributed by atoms with Crippen LogP contribution in [0.5, 0.6) is 0 Å². The maximum atomic E-state index is 10.3. The van der Waals surface area contributed by atoms with Crippen LogP contribution < -0.4 is 0 Å². The summed E-state index contributed by atoms with van der Waals surface area (Å²) in [7, 11) is 0. The highest BCUT2D eigenvalue weighted by atomic mass is 16.3. The molecule has 2 aromatic rings. The van der Waals surface area contributed by atoms with Gasteiger partial charge in [-0.05, 0) is 50.7 Å². The summed E-state index contributed by atoms with van der Waals surface area (Å²) in [5.41, 5.74) is 1.05. The van der Waals surface area contributed by atoms with E-state index in [4.69, 9.17) is 0 Å². The molecule has 0 amide bonds. The van der Waals surface area contributed by atoms with Crippen molar-refractivity contribution >= 4 is 0 Å². The molecule has 0 spiro atoms. The van der Waals surface area contributed by atoms with Crippen molar-refractivity contribution in [2.75, 3.05) is 0 Å². The lowest BCUT2D eigenvalue weighted by Gasteiger charge is -2.30. The van der Waals surface area contributed by atoms with Crippen LogP contribution in [-0.2, 0) is 12.0 Å². The SMILES string of the molecule is CC(C)(O)CCc1ccccc1.CCC(C)C(C)(O)c1ccccc1. The van der Waals surface area contributed by atoms with Gasteiger partial charge >= 0.3 is 0 Å².